The Labute approximate surface area is 97.6 Å². The largest absolute Gasteiger partial charge is 0.467 e. The van der Waals surface area contributed by atoms with Crippen LogP contribution in [0, 0.1) is 0 Å². The van der Waals surface area contributed by atoms with E-state index in [1.807, 2.05) is 0 Å². The van der Waals surface area contributed by atoms with E-state index in [1.54, 1.807) is 6.07 Å². The van der Waals surface area contributed by atoms with Crippen molar-refractivity contribution in [2.45, 2.75) is 6.10 Å². The fourth-order valence-electron chi connectivity index (χ4n) is 1.10. The van der Waals surface area contributed by atoms with Gasteiger partial charge in [-0.15, -0.1) is 0 Å². The molecule has 0 spiro atoms. The number of hydrogen-bond donors (Lipinski definition) is 3. The number of amides is 1. The van der Waals surface area contributed by atoms with Crippen LogP contribution in [-0.2, 0) is 9.53 Å². The van der Waals surface area contributed by atoms with Crippen molar-refractivity contribution < 1.29 is 19.4 Å². The maximum Gasteiger partial charge on any atom is 0.336 e. The second-order valence-electron chi connectivity index (χ2n) is 3.19. The van der Waals surface area contributed by atoms with E-state index in [-0.39, 0.29) is 17.9 Å². The number of carbonyl (C=O) groups excluding carboxylic acids is 2. The SMILES string of the molecule is COC(=O)C(O)CNC(=O)c1ncccc1N. The van der Waals surface area contributed by atoms with Crippen LogP contribution in [-0.4, -0.2) is 41.7 Å². The van der Waals surface area contributed by atoms with Crippen molar-refractivity contribution in [2.24, 2.45) is 0 Å². The number of nitrogens with one attached hydrogen (secondary N) is 1. The normalized spacial score (nSPS) is 11.6. The molecular formula is C10H13N3O4. The van der Waals surface area contributed by atoms with E-state index in [0.29, 0.717) is 0 Å². The Hall–Kier alpha value is -2.15. The summed E-state index contributed by atoms with van der Waals surface area (Å²) in [6.07, 6.45) is 0.0102. The number of hydrogen-bond acceptors (Lipinski definition) is 6. The number of nitrogens with zero attached hydrogens (tertiary/aromatic N) is 1. The molecule has 0 saturated carbocycles. The summed E-state index contributed by atoms with van der Waals surface area (Å²) in [6.45, 7) is -0.262. The molecule has 0 aliphatic rings. The number of nitrogen functional groups attached to an aromatic ring is 1. The lowest BCUT2D eigenvalue weighted by Gasteiger charge is -2.10. The van der Waals surface area contributed by atoms with Gasteiger partial charge in [0.15, 0.2) is 11.8 Å². The maximum atomic E-state index is 11.6. The van der Waals surface area contributed by atoms with Gasteiger partial charge in [0.1, 0.15) is 0 Å². The average Bonchev–Trinajstić information content (AvgIpc) is 2.35. The molecule has 7 nitrogen and oxygen atoms in total. The number of methoxy groups -OCH3 is 1. The lowest BCUT2D eigenvalue weighted by atomic mass is 10.2. The summed E-state index contributed by atoms with van der Waals surface area (Å²) in [5.41, 5.74) is 5.80. The van der Waals surface area contributed by atoms with Gasteiger partial charge in [-0.3, -0.25) is 4.79 Å². The fourth-order valence-corrected chi connectivity index (χ4v) is 1.10. The van der Waals surface area contributed by atoms with E-state index in [2.05, 4.69) is 15.0 Å². The van der Waals surface area contributed by atoms with E-state index in [0.717, 1.165) is 7.11 Å². The van der Waals surface area contributed by atoms with Gasteiger partial charge in [0.2, 0.25) is 0 Å². The molecule has 0 radical (unpaired) electrons. The third-order valence-corrected chi connectivity index (χ3v) is 1.98. The molecule has 4 N–H and O–H groups in total. The minimum absolute atomic E-state index is 0.0459. The second kappa shape index (κ2) is 5.80. The minimum Gasteiger partial charge on any atom is -0.467 e. The zero-order valence-electron chi connectivity index (χ0n) is 9.21. The van der Waals surface area contributed by atoms with Gasteiger partial charge in [-0.25, -0.2) is 9.78 Å². The second-order valence-corrected chi connectivity index (χ2v) is 3.19. The van der Waals surface area contributed by atoms with Gasteiger partial charge in [-0.1, -0.05) is 0 Å². The zero-order chi connectivity index (χ0) is 12.8. The molecule has 7 heteroatoms. The first-order valence-electron chi connectivity index (χ1n) is 4.81. The van der Waals surface area contributed by atoms with Crippen molar-refractivity contribution >= 4 is 17.6 Å². The van der Waals surface area contributed by atoms with E-state index < -0.39 is 18.0 Å². The van der Waals surface area contributed by atoms with Gasteiger partial charge in [0, 0.05) is 6.20 Å². The summed E-state index contributed by atoms with van der Waals surface area (Å²) in [4.78, 5) is 26.2. The van der Waals surface area contributed by atoms with Crippen LogP contribution in [0.3, 0.4) is 0 Å². The van der Waals surface area contributed by atoms with Crippen molar-refractivity contribution in [2.75, 3.05) is 19.4 Å². The smallest absolute Gasteiger partial charge is 0.336 e. The maximum absolute atomic E-state index is 11.6. The Morgan fingerprint density at radius 2 is 2.35 bits per heavy atom. The quantitative estimate of drug-likeness (QED) is 0.576. The van der Waals surface area contributed by atoms with Crippen LogP contribution >= 0.6 is 0 Å². The summed E-state index contributed by atoms with van der Waals surface area (Å²) in [5, 5.41) is 11.6. The van der Waals surface area contributed by atoms with Crippen molar-refractivity contribution in [3.05, 3.63) is 24.0 Å². The Kier molecular flexibility index (Phi) is 4.41. The van der Waals surface area contributed by atoms with Crippen molar-refractivity contribution in [1.29, 1.82) is 0 Å². The number of aromatic nitrogens is 1. The monoisotopic (exact) mass is 239 g/mol. The predicted molar refractivity (Wildman–Crippen MR) is 59.0 cm³/mol. The third-order valence-electron chi connectivity index (χ3n) is 1.98. The Morgan fingerprint density at radius 1 is 1.65 bits per heavy atom. The Morgan fingerprint density at radius 3 is 2.94 bits per heavy atom. The van der Waals surface area contributed by atoms with E-state index in [4.69, 9.17) is 5.73 Å². The van der Waals surface area contributed by atoms with Crippen molar-refractivity contribution in [1.82, 2.24) is 10.3 Å². The van der Waals surface area contributed by atoms with E-state index in [1.165, 1.54) is 12.3 Å². The number of ether oxygens (including phenoxy) is 1. The van der Waals surface area contributed by atoms with Gasteiger partial charge in [0.05, 0.1) is 19.3 Å². The number of esters is 1. The molecule has 92 valence electrons. The first kappa shape index (κ1) is 12.9. The summed E-state index contributed by atoms with van der Waals surface area (Å²) in [5.74, 6) is -1.38. The molecule has 1 unspecified atom stereocenters. The summed E-state index contributed by atoms with van der Waals surface area (Å²) < 4.78 is 4.29. The molecule has 1 atom stereocenters. The molecule has 0 bridgehead atoms. The van der Waals surface area contributed by atoms with Crippen molar-refractivity contribution in [3.63, 3.8) is 0 Å². The third kappa shape index (κ3) is 3.42. The lowest BCUT2D eigenvalue weighted by molar-refractivity contribution is -0.149. The molecular weight excluding hydrogens is 226 g/mol. The van der Waals surface area contributed by atoms with Gasteiger partial charge in [-0.2, -0.15) is 0 Å². The molecule has 0 fully saturated rings. The number of aliphatic hydroxyl groups is 1. The van der Waals surface area contributed by atoms with Crippen LogP contribution in [0.5, 0.6) is 0 Å². The summed E-state index contributed by atoms with van der Waals surface area (Å²) in [6, 6.07) is 3.12. The van der Waals surface area contributed by atoms with E-state index >= 15 is 0 Å². The van der Waals surface area contributed by atoms with Gasteiger partial charge in [-0.05, 0) is 12.1 Å². The van der Waals surface area contributed by atoms with Crippen LogP contribution < -0.4 is 11.1 Å². The highest BCUT2D eigenvalue weighted by Crippen LogP contribution is 2.06. The van der Waals surface area contributed by atoms with Crippen molar-refractivity contribution in [3.8, 4) is 0 Å². The Bertz CT molecular complexity index is 422. The minimum atomic E-state index is -1.41. The van der Waals surface area contributed by atoms with E-state index in [9.17, 15) is 14.7 Å². The molecule has 0 aliphatic carbocycles. The topological polar surface area (TPSA) is 115 Å². The number of carbonyl (C=O) groups is 2. The number of pyridine rings is 1. The van der Waals surface area contributed by atoms with Gasteiger partial charge < -0.3 is 20.9 Å². The first-order valence-corrected chi connectivity index (χ1v) is 4.81. The number of aliphatic hydroxyl groups excluding tert-OH is 1. The predicted octanol–water partition coefficient (Wildman–Crippen LogP) is -1.07. The van der Waals surface area contributed by atoms with Crippen LogP contribution in [0.1, 0.15) is 10.5 Å². The number of anilines is 1. The van der Waals surface area contributed by atoms with Gasteiger partial charge in [0.25, 0.3) is 5.91 Å². The lowest BCUT2D eigenvalue weighted by Crippen LogP contribution is -2.37. The summed E-state index contributed by atoms with van der Waals surface area (Å²) in [7, 11) is 1.14. The van der Waals surface area contributed by atoms with Crippen LogP contribution in [0.15, 0.2) is 18.3 Å². The number of rotatable bonds is 4. The molecule has 1 aromatic rings. The molecule has 17 heavy (non-hydrogen) atoms. The molecule has 0 aliphatic heterocycles. The highest BCUT2D eigenvalue weighted by molar-refractivity contribution is 5.97. The van der Waals surface area contributed by atoms with Gasteiger partial charge >= 0.3 is 5.97 Å². The zero-order valence-corrected chi connectivity index (χ0v) is 9.21. The molecule has 0 aromatic carbocycles. The highest BCUT2D eigenvalue weighted by Gasteiger charge is 2.17. The van der Waals surface area contributed by atoms with Crippen LogP contribution in [0.25, 0.3) is 0 Å². The fraction of sp³-hybridized carbons (Fsp3) is 0.300. The molecule has 1 aromatic heterocycles. The standard InChI is InChI=1S/C10H13N3O4/c1-17-10(16)7(14)5-13-9(15)8-6(11)3-2-4-12-8/h2-4,7,14H,5,11H2,1H3,(H,13,15). The molecule has 1 heterocycles. The molecule has 0 saturated heterocycles. The summed E-state index contributed by atoms with van der Waals surface area (Å²) >= 11 is 0. The molecule has 1 amide bonds. The number of nitrogens with two attached hydrogens (primary N) is 1. The van der Waals surface area contributed by atoms with Crippen LogP contribution in [0.4, 0.5) is 5.69 Å². The van der Waals surface area contributed by atoms with Crippen LogP contribution in [0.2, 0.25) is 0 Å². The Balaban J connectivity index is 2.57. The first-order chi connectivity index (χ1) is 8.06. The highest BCUT2D eigenvalue weighted by atomic mass is 16.5. The molecule has 1 rings (SSSR count). The average molecular weight is 239 g/mol.